The second-order valence-electron chi connectivity index (χ2n) is 9.67. The number of hydrogen-bond acceptors (Lipinski definition) is 5. The lowest BCUT2D eigenvalue weighted by molar-refractivity contribution is -0.108. The van der Waals surface area contributed by atoms with Crippen molar-refractivity contribution in [3.8, 4) is 5.75 Å². The standard InChI is InChI=1S/C28H33NO4/c1-20-26(33-18-23-17-30-13-14-31-23)11-12-29-19-28(2,3)25-15-22(9-10-24(25)27(20)29)32-16-21-7-5-4-6-8-21/h4-11,15,23H,12-14,16-19H2,1-3H3. The highest BCUT2D eigenvalue weighted by Crippen LogP contribution is 2.44. The van der Waals surface area contributed by atoms with Gasteiger partial charge in [-0.3, -0.25) is 0 Å². The molecule has 0 aliphatic carbocycles. The van der Waals surface area contributed by atoms with E-state index in [2.05, 4.69) is 62.1 Å². The molecule has 0 spiro atoms. The number of fused-ring (bicyclic) bond motifs is 3. The van der Waals surface area contributed by atoms with Gasteiger partial charge in [0.15, 0.2) is 0 Å². The Morgan fingerprint density at radius 2 is 1.91 bits per heavy atom. The summed E-state index contributed by atoms with van der Waals surface area (Å²) in [7, 11) is 0. The van der Waals surface area contributed by atoms with Crippen molar-refractivity contribution >= 4 is 5.70 Å². The van der Waals surface area contributed by atoms with Crippen LogP contribution in [0, 0.1) is 0 Å². The van der Waals surface area contributed by atoms with Crippen LogP contribution in [0.3, 0.4) is 0 Å². The minimum Gasteiger partial charge on any atom is -0.491 e. The molecule has 1 saturated heterocycles. The second-order valence-corrected chi connectivity index (χ2v) is 9.67. The van der Waals surface area contributed by atoms with Gasteiger partial charge in [-0.2, -0.15) is 0 Å². The van der Waals surface area contributed by atoms with E-state index >= 15 is 0 Å². The summed E-state index contributed by atoms with van der Waals surface area (Å²) >= 11 is 0. The molecule has 3 aliphatic heterocycles. The van der Waals surface area contributed by atoms with Crippen molar-refractivity contribution in [3.05, 3.63) is 82.6 Å². The SMILES string of the molecule is CC1=C2c3ccc(OCc4ccccc4)cc3C(C)(C)CN2CC=C1OCC1COCCO1. The Balaban J connectivity index is 1.38. The van der Waals surface area contributed by atoms with Crippen LogP contribution < -0.4 is 4.74 Å². The van der Waals surface area contributed by atoms with Crippen molar-refractivity contribution < 1.29 is 18.9 Å². The number of allylic oxidation sites excluding steroid dienone is 1. The van der Waals surface area contributed by atoms with Crippen LogP contribution in [0.4, 0.5) is 0 Å². The first-order chi connectivity index (χ1) is 16.0. The minimum absolute atomic E-state index is 0.00243. The third-order valence-corrected chi connectivity index (χ3v) is 6.66. The van der Waals surface area contributed by atoms with Crippen molar-refractivity contribution in [2.75, 3.05) is 39.5 Å². The van der Waals surface area contributed by atoms with E-state index in [1.54, 1.807) is 0 Å². The Kier molecular flexibility index (Phi) is 6.17. The molecule has 0 amide bonds. The maximum Gasteiger partial charge on any atom is 0.122 e. The summed E-state index contributed by atoms with van der Waals surface area (Å²) in [4.78, 5) is 2.47. The number of benzene rings is 2. The first-order valence-electron chi connectivity index (χ1n) is 11.8. The Hall–Kier alpha value is -2.76. The molecule has 0 N–H and O–H groups in total. The molecule has 0 bridgehead atoms. The van der Waals surface area contributed by atoms with E-state index in [1.165, 1.54) is 28.0 Å². The Morgan fingerprint density at radius 1 is 1.06 bits per heavy atom. The molecule has 1 fully saturated rings. The summed E-state index contributed by atoms with van der Waals surface area (Å²) < 4.78 is 23.6. The van der Waals surface area contributed by atoms with Crippen LogP contribution in [0.15, 0.2) is 65.9 Å². The zero-order valence-corrected chi connectivity index (χ0v) is 19.8. The third kappa shape index (κ3) is 4.66. The Morgan fingerprint density at radius 3 is 2.70 bits per heavy atom. The first kappa shape index (κ1) is 22.1. The highest BCUT2D eigenvalue weighted by atomic mass is 16.6. The van der Waals surface area contributed by atoms with Gasteiger partial charge >= 0.3 is 0 Å². The van der Waals surface area contributed by atoms with Gasteiger partial charge in [-0.15, -0.1) is 0 Å². The molecule has 33 heavy (non-hydrogen) atoms. The monoisotopic (exact) mass is 447 g/mol. The maximum atomic E-state index is 6.21. The molecule has 1 unspecified atom stereocenters. The van der Waals surface area contributed by atoms with E-state index in [-0.39, 0.29) is 11.5 Å². The number of rotatable bonds is 6. The first-order valence-corrected chi connectivity index (χ1v) is 11.8. The van der Waals surface area contributed by atoms with Crippen molar-refractivity contribution in [1.82, 2.24) is 4.90 Å². The highest BCUT2D eigenvalue weighted by Gasteiger charge is 2.37. The van der Waals surface area contributed by atoms with Gasteiger partial charge in [-0.1, -0.05) is 44.2 Å². The summed E-state index contributed by atoms with van der Waals surface area (Å²) in [6.45, 7) is 11.6. The molecule has 0 saturated carbocycles. The van der Waals surface area contributed by atoms with E-state index in [9.17, 15) is 0 Å². The van der Waals surface area contributed by atoms with Crippen molar-refractivity contribution in [2.24, 2.45) is 0 Å². The number of nitrogens with zero attached hydrogens (tertiary/aromatic N) is 1. The van der Waals surface area contributed by atoms with Crippen LogP contribution in [0.5, 0.6) is 5.75 Å². The Bertz CT molecular complexity index is 1050. The molecular weight excluding hydrogens is 414 g/mol. The molecule has 2 aromatic carbocycles. The van der Waals surface area contributed by atoms with Gasteiger partial charge in [-0.25, -0.2) is 0 Å². The van der Waals surface area contributed by atoms with Gasteiger partial charge in [0.2, 0.25) is 0 Å². The van der Waals surface area contributed by atoms with E-state index in [4.69, 9.17) is 18.9 Å². The predicted molar refractivity (Wildman–Crippen MR) is 129 cm³/mol. The molecule has 5 heteroatoms. The summed E-state index contributed by atoms with van der Waals surface area (Å²) in [6.07, 6.45) is 2.19. The molecule has 0 aromatic heterocycles. The van der Waals surface area contributed by atoms with Gasteiger partial charge in [-0.05, 0) is 42.3 Å². The van der Waals surface area contributed by atoms with Crippen LogP contribution >= 0.6 is 0 Å². The molecule has 0 radical (unpaired) electrons. The quantitative estimate of drug-likeness (QED) is 0.629. The second kappa shape index (κ2) is 9.24. The van der Waals surface area contributed by atoms with E-state index in [1.807, 2.05) is 18.2 Å². The fourth-order valence-electron chi connectivity index (χ4n) is 4.97. The molecule has 2 aromatic rings. The highest BCUT2D eigenvalue weighted by molar-refractivity contribution is 5.77. The van der Waals surface area contributed by atoms with E-state index in [0.29, 0.717) is 33.0 Å². The van der Waals surface area contributed by atoms with Crippen LogP contribution in [-0.2, 0) is 26.2 Å². The largest absolute Gasteiger partial charge is 0.491 e. The van der Waals surface area contributed by atoms with Crippen molar-refractivity contribution in [1.29, 1.82) is 0 Å². The zero-order chi connectivity index (χ0) is 22.8. The summed E-state index contributed by atoms with van der Waals surface area (Å²) in [5.41, 5.74) is 6.21. The van der Waals surface area contributed by atoms with Gasteiger partial charge in [0.05, 0.1) is 25.5 Å². The van der Waals surface area contributed by atoms with Crippen LogP contribution in [-0.4, -0.2) is 50.5 Å². The molecule has 1 atom stereocenters. The number of ether oxygens (including phenoxy) is 4. The molecular formula is C28H33NO4. The fraction of sp³-hybridized carbons (Fsp3) is 0.429. The summed E-state index contributed by atoms with van der Waals surface area (Å²) in [5, 5.41) is 0. The van der Waals surface area contributed by atoms with Gasteiger partial charge in [0.25, 0.3) is 0 Å². The Labute approximate surface area is 196 Å². The maximum absolute atomic E-state index is 6.21. The van der Waals surface area contributed by atoms with E-state index in [0.717, 1.165) is 24.6 Å². The van der Waals surface area contributed by atoms with Gasteiger partial charge < -0.3 is 23.8 Å². The average molecular weight is 448 g/mol. The third-order valence-electron chi connectivity index (χ3n) is 6.66. The van der Waals surface area contributed by atoms with Gasteiger partial charge in [0.1, 0.15) is 30.8 Å². The lowest BCUT2D eigenvalue weighted by Crippen LogP contribution is -2.43. The zero-order valence-electron chi connectivity index (χ0n) is 19.8. The molecule has 5 rings (SSSR count). The van der Waals surface area contributed by atoms with Gasteiger partial charge in [0, 0.05) is 29.6 Å². The lowest BCUT2D eigenvalue weighted by Gasteiger charge is -2.45. The molecule has 3 aliphatic rings. The average Bonchev–Trinajstić information content (AvgIpc) is 2.83. The van der Waals surface area contributed by atoms with Crippen LogP contribution in [0.25, 0.3) is 5.70 Å². The predicted octanol–water partition coefficient (Wildman–Crippen LogP) is 4.92. The normalized spacial score (nSPS) is 21.7. The smallest absolute Gasteiger partial charge is 0.122 e. The summed E-state index contributed by atoms with van der Waals surface area (Å²) in [6, 6.07) is 16.8. The lowest BCUT2D eigenvalue weighted by atomic mass is 9.75. The van der Waals surface area contributed by atoms with E-state index < -0.39 is 0 Å². The number of hydrogen-bond donors (Lipinski definition) is 0. The van der Waals surface area contributed by atoms with Crippen molar-refractivity contribution in [2.45, 2.75) is 38.9 Å². The molecule has 5 nitrogen and oxygen atoms in total. The minimum atomic E-state index is -0.00243. The topological polar surface area (TPSA) is 40.2 Å². The fourth-order valence-corrected chi connectivity index (χ4v) is 4.97. The molecule has 174 valence electrons. The van der Waals surface area contributed by atoms with Crippen LogP contribution in [0.2, 0.25) is 0 Å². The molecule has 3 heterocycles. The van der Waals surface area contributed by atoms with Crippen LogP contribution in [0.1, 0.15) is 37.5 Å². The van der Waals surface area contributed by atoms with Crippen molar-refractivity contribution in [3.63, 3.8) is 0 Å². The summed E-state index contributed by atoms with van der Waals surface area (Å²) in [5.74, 6) is 1.86.